The van der Waals surface area contributed by atoms with Crippen LogP contribution < -0.4 is 10.1 Å². The van der Waals surface area contributed by atoms with Crippen molar-refractivity contribution in [1.29, 1.82) is 0 Å². The van der Waals surface area contributed by atoms with Crippen LogP contribution in [0, 0.1) is 0 Å². The molecule has 0 spiro atoms. The number of amides is 1. The zero-order valence-corrected chi connectivity index (χ0v) is 17.6. The molecule has 2 atom stereocenters. The Balaban J connectivity index is 1.77. The fourth-order valence-corrected chi connectivity index (χ4v) is 3.83. The maximum absolute atomic E-state index is 13.0. The quantitative estimate of drug-likeness (QED) is 0.654. The van der Waals surface area contributed by atoms with Crippen molar-refractivity contribution in [3.8, 4) is 5.88 Å². The van der Waals surface area contributed by atoms with Crippen molar-refractivity contribution >= 4 is 17.3 Å². The highest BCUT2D eigenvalue weighted by Gasteiger charge is 2.27. The predicted octanol–water partition coefficient (Wildman–Crippen LogP) is 4.98. The first kappa shape index (κ1) is 21.0. The molecule has 0 bridgehead atoms. The number of nitrogens with zero attached hydrogens (tertiary/aromatic N) is 2. The summed E-state index contributed by atoms with van der Waals surface area (Å²) in [5.41, 5.74) is 3.85. The maximum Gasteiger partial charge on any atom is 0.265 e. The highest BCUT2D eigenvalue weighted by atomic mass is 16.5. The van der Waals surface area contributed by atoms with Crippen LogP contribution in [0.3, 0.4) is 0 Å². The number of pyridine rings is 1. The number of unbranched alkanes of at least 4 members (excludes halogenated alkanes) is 1. The van der Waals surface area contributed by atoms with Crippen molar-refractivity contribution in [3.63, 3.8) is 0 Å². The first-order valence-electron chi connectivity index (χ1n) is 10.6. The number of rotatable bonds is 9. The second kappa shape index (κ2) is 10.2. The molecule has 0 saturated heterocycles. The lowest BCUT2D eigenvalue weighted by Gasteiger charge is -2.26. The summed E-state index contributed by atoms with van der Waals surface area (Å²) in [4.78, 5) is 22.0. The van der Waals surface area contributed by atoms with Gasteiger partial charge in [-0.15, -0.1) is 0 Å². The van der Waals surface area contributed by atoms with E-state index in [4.69, 9.17) is 9.73 Å². The minimum atomic E-state index is -0.0275. The molecular weight excluding hydrogens is 362 g/mol. The molecule has 5 nitrogen and oxygen atoms in total. The van der Waals surface area contributed by atoms with E-state index in [1.807, 2.05) is 36.5 Å². The van der Waals surface area contributed by atoms with E-state index >= 15 is 0 Å². The number of benzene rings is 1. The number of ether oxygens (including phenoxy) is 1. The van der Waals surface area contributed by atoms with E-state index in [0.29, 0.717) is 18.0 Å². The van der Waals surface area contributed by atoms with Crippen LogP contribution in [0.1, 0.15) is 63.0 Å². The van der Waals surface area contributed by atoms with Crippen LogP contribution in [-0.4, -0.2) is 29.8 Å². The molecule has 0 fully saturated rings. The number of methoxy groups -OCH3 is 1. The molecule has 5 heteroatoms. The zero-order chi connectivity index (χ0) is 20.6. The lowest BCUT2D eigenvalue weighted by Crippen LogP contribution is -2.40. The van der Waals surface area contributed by atoms with Gasteiger partial charge < -0.3 is 10.1 Å². The fourth-order valence-electron chi connectivity index (χ4n) is 3.83. The van der Waals surface area contributed by atoms with Gasteiger partial charge in [-0.3, -0.25) is 4.79 Å². The molecule has 1 aromatic heterocycles. The largest absolute Gasteiger partial charge is 0.481 e. The van der Waals surface area contributed by atoms with Gasteiger partial charge in [0.15, 0.2) is 0 Å². The van der Waals surface area contributed by atoms with Crippen molar-refractivity contribution in [3.05, 3.63) is 53.7 Å². The first-order valence-corrected chi connectivity index (χ1v) is 10.6. The molecule has 1 aromatic carbocycles. The molecule has 1 N–H and O–H groups in total. The molecule has 0 saturated carbocycles. The van der Waals surface area contributed by atoms with Gasteiger partial charge >= 0.3 is 0 Å². The standard InChI is InChI=1S/C24H31N3O2/c1-4-6-9-19(5-2)26-24(28)22-15-18(20-10-7-8-11-21(20)27-22)14-17-12-13-23(29-3)25-16-17/h7-8,10-13,16,18-19H,4-6,9,14-15H2,1-3H3,(H,26,28)/t18?,19-/m1/s1. The second-order valence-corrected chi connectivity index (χ2v) is 7.65. The molecule has 2 heterocycles. The van der Waals surface area contributed by atoms with Gasteiger partial charge in [-0.2, -0.15) is 0 Å². The number of carbonyl (C=O) groups is 1. The van der Waals surface area contributed by atoms with Gasteiger partial charge in [0.25, 0.3) is 5.91 Å². The van der Waals surface area contributed by atoms with Crippen molar-refractivity contribution in [1.82, 2.24) is 10.3 Å². The first-order chi connectivity index (χ1) is 14.1. The number of nitrogens with one attached hydrogen (secondary N) is 1. The van der Waals surface area contributed by atoms with E-state index in [2.05, 4.69) is 30.2 Å². The maximum atomic E-state index is 13.0. The molecule has 29 heavy (non-hydrogen) atoms. The summed E-state index contributed by atoms with van der Waals surface area (Å²) >= 11 is 0. The highest BCUT2D eigenvalue weighted by Crippen LogP contribution is 2.36. The zero-order valence-electron chi connectivity index (χ0n) is 17.6. The molecule has 1 aliphatic heterocycles. The topological polar surface area (TPSA) is 63.6 Å². The van der Waals surface area contributed by atoms with E-state index in [1.54, 1.807) is 7.11 Å². The molecule has 2 aromatic rings. The van der Waals surface area contributed by atoms with Gasteiger partial charge in [0.2, 0.25) is 5.88 Å². The van der Waals surface area contributed by atoms with Crippen LogP contribution in [0.4, 0.5) is 5.69 Å². The molecule has 0 aliphatic carbocycles. The molecule has 3 rings (SSSR count). The number of carbonyl (C=O) groups excluding carboxylic acids is 1. The number of hydrogen-bond acceptors (Lipinski definition) is 4. The average molecular weight is 394 g/mol. The van der Waals surface area contributed by atoms with Crippen LogP contribution in [0.5, 0.6) is 5.88 Å². The lowest BCUT2D eigenvalue weighted by molar-refractivity contribution is -0.115. The second-order valence-electron chi connectivity index (χ2n) is 7.65. The number of aliphatic imine (C=N–C) groups is 1. The number of aromatic nitrogens is 1. The predicted molar refractivity (Wildman–Crippen MR) is 117 cm³/mol. The Morgan fingerprint density at radius 3 is 2.76 bits per heavy atom. The van der Waals surface area contributed by atoms with Gasteiger partial charge in [-0.05, 0) is 42.4 Å². The third-order valence-electron chi connectivity index (χ3n) is 5.56. The van der Waals surface area contributed by atoms with E-state index in [0.717, 1.165) is 43.4 Å². The smallest absolute Gasteiger partial charge is 0.265 e. The van der Waals surface area contributed by atoms with E-state index in [9.17, 15) is 4.79 Å². The van der Waals surface area contributed by atoms with Gasteiger partial charge in [0.05, 0.1) is 12.8 Å². The van der Waals surface area contributed by atoms with E-state index < -0.39 is 0 Å². The highest BCUT2D eigenvalue weighted by molar-refractivity contribution is 6.40. The third-order valence-corrected chi connectivity index (χ3v) is 5.56. The Labute approximate surface area is 173 Å². The van der Waals surface area contributed by atoms with Crippen molar-refractivity contribution in [2.45, 2.75) is 64.3 Å². The SMILES string of the molecule is CCCC[C@@H](CC)NC(=O)C1=Nc2ccccc2C(Cc2ccc(OC)nc2)C1. The van der Waals surface area contributed by atoms with Crippen molar-refractivity contribution in [2.75, 3.05) is 7.11 Å². The Hall–Kier alpha value is -2.69. The lowest BCUT2D eigenvalue weighted by atomic mass is 9.84. The molecule has 0 radical (unpaired) electrons. The summed E-state index contributed by atoms with van der Waals surface area (Å²) in [5, 5.41) is 3.20. The van der Waals surface area contributed by atoms with Crippen LogP contribution in [0.25, 0.3) is 0 Å². The fraction of sp³-hybridized carbons (Fsp3) is 0.458. The van der Waals surface area contributed by atoms with E-state index in [-0.39, 0.29) is 17.9 Å². The summed E-state index contributed by atoms with van der Waals surface area (Å²) in [7, 11) is 1.62. The van der Waals surface area contributed by atoms with Gasteiger partial charge in [0, 0.05) is 24.7 Å². The van der Waals surface area contributed by atoms with Crippen LogP contribution >= 0.6 is 0 Å². The number of fused-ring (bicyclic) bond motifs is 1. The molecule has 154 valence electrons. The number of para-hydroxylation sites is 1. The Morgan fingerprint density at radius 1 is 1.24 bits per heavy atom. The molecular formula is C24H31N3O2. The minimum Gasteiger partial charge on any atom is -0.481 e. The van der Waals surface area contributed by atoms with Crippen LogP contribution in [0.2, 0.25) is 0 Å². The summed E-state index contributed by atoms with van der Waals surface area (Å²) in [5.74, 6) is 0.785. The Kier molecular flexibility index (Phi) is 7.39. The number of hydrogen-bond donors (Lipinski definition) is 1. The Bertz CT molecular complexity index is 845. The minimum absolute atomic E-state index is 0.0275. The van der Waals surface area contributed by atoms with Gasteiger partial charge in [-0.1, -0.05) is 51.0 Å². The molecule has 1 amide bonds. The third kappa shape index (κ3) is 5.43. The molecule has 1 unspecified atom stereocenters. The molecule has 1 aliphatic rings. The van der Waals surface area contributed by atoms with Gasteiger partial charge in [-0.25, -0.2) is 9.98 Å². The van der Waals surface area contributed by atoms with Crippen LogP contribution in [0.15, 0.2) is 47.6 Å². The van der Waals surface area contributed by atoms with Gasteiger partial charge in [0.1, 0.15) is 5.71 Å². The average Bonchev–Trinajstić information content (AvgIpc) is 2.76. The van der Waals surface area contributed by atoms with E-state index in [1.165, 1.54) is 5.56 Å². The summed E-state index contributed by atoms with van der Waals surface area (Å²) in [6.45, 7) is 4.30. The monoisotopic (exact) mass is 393 g/mol. The van der Waals surface area contributed by atoms with Crippen molar-refractivity contribution in [2.24, 2.45) is 4.99 Å². The normalized spacial score (nSPS) is 16.5. The van der Waals surface area contributed by atoms with Crippen molar-refractivity contribution < 1.29 is 9.53 Å². The summed E-state index contributed by atoms with van der Waals surface area (Å²) in [6, 6.07) is 12.3. The Morgan fingerprint density at radius 2 is 2.07 bits per heavy atom. The summed E-state index contributed by atoms with van der Waals surface area (Å²) < 4.78 is 5.16. The van der Waals surface area contributed by atoms with Crippen LogP contribution in [-0.2, 0) is 11.2 Å². The summed E-state index contributed by atoms with van der Waals surface area (Å²) in [6.07, 6.45) is 7.52.